The van der Waals surface area contributed by atoms with Crippen molar-refractivity contribution >= 4 is 17.6 Å². The molecular formula is C10H12ClN3. The van der Waals surface area contributed by atoms with Gasteiger partial charge in [-0.2, -0.15) is 0 Å². The van der Waals surface area contributed by atoms with E-state index in [1.807, 2.05) is 24.3 Å². The second-order valence-electron chi connectivity index (χ2n) is 3.44. The van der Waals surface area contributed by atoms with Crippen LogP contribution in [-0.4, -0.2) is 12.0 Å². The van der Waals surface area contributed by atoms with Gasteiger partial charge in [-0.3, -0.25) is 0 Å². The first kappa shape index (κ1) is 9.34. The summed E-state index contributed by atoms with van der Waals surface area (Å²) < 4.78 is 0. The lowest BCUT2D eigenvalue weighted by Crippen LogP contribution is -2.33. The van der Waals surface area contributed by atoms with Crippen LogP contribution in [0.4, 0.5) is 0 Å². The van der Waals surface area contributed by atoms with Gasteiger partial charge in [0.1, 0.15) is 0 Å². The van der Waals surface area contributed by atoms with Crippen LogP contribution in [0.2, 0.25) is 5.02 Å². The summed E-state index contributed by atoms with van der Waals surface area (Å²) in [6.45, 7) is 2.06. The molecule has 0 amide bonds. The van der Waals surface area contributed by atoms with Crippen LogP contribution in [0.1, 0.15) is 18.5 Å². The maximum atomic E-state index is 5.81. The summed E-state index contributed by atoms with van der Waals surface area (Å²) in [5, 5.41) is 3.81. The number of aliphatic imine (C=N–C) groups is 1. The lowest BCUT2D eigenvalue weighted by atomic mass is 10.0. The Kier molecular flexibility index (Phi) is 2.33. The zero-order chi connectivity index (χ0) is 10.1. The van der Waals surface area contributed by atoms with Gasteiger partial charge in [0.15, 0.2) is 5.96 Å². The number of hydrogen-bond acceptors (Lipinski definition) is 3. The zero-order valence-electron chi connectivity index (χ0n) is 7.87. The second kappa shape index (κ2) is 3.50. The number of nitrogens with one attached hydrogen (secondary N) is 1. The minimum atomic E-state index is 0.104. The molecule has 0 aromatic heterocycles. The Bertz CT molecular complexity index is 358. The quantitative estimate of drug-likeness (QED) is 0.740. The number of benzene rings is 1. The number of hydrogen-bond donors (Lipinski definition) is 2. The average molecular weight is 210 g/mol. The highest BCUT2D eigenvalue weighted by Gasteiger charge is 2.24. The predicted octanol–water partition coefficient (Wildman–Crippen LogP) is 1.69. The van der Waals surface area contributed by atoms with E-state index >= 15 is 0 Å². The first-order chi connectivity index (χ1) is 6.66. The molecule has 1 aliphatic heterocycles. The van der Waals surface area contributed by atoms with Gasteiger partial charge in [-0.15, -0.1) is 0 Å². The Morgan fingerprint density at radius 2 is 2.00 bits per heavy atom. The molecule has 2 atom stereocenters. The highest BCUT2D eigenvalue weighted by Crippen LogP contribution is 2.25. The van der Waals surface area contributed by atoms with Gasteiger partial charge in [-0.1, -0.05) is 23.7 Å². The minimum Gasteiger partial charge on any atom is -0.370 e. The summed E-state index contributed by atoms with van der Waals surface area (Å²) in [7, 11) is 0. The van der Waals surface area contributed by atoms with E-state index in [4.69, 9.17) is 17.3 Å². The molecule has 0 radical (unpaired) electrons. The molecule has 0 bridgehead atoms. The van der Waals surface area contributed by atoms with Gasteiger partial charge in [0.05, 0.1) is 12.1 Å². The highest BCUT2D eigenvalue weighted by atomic mass is 35.5. The summed E-state index contributed by atoms with van der Waals surface area (Å²) in [5.41, 5.74) is 6.73. The first-order valence-corrected chi connectivity index (χ1v) is 4.90. The Hall–Kier alpha value is -1.22. The Labute approximate surface area is 88.0 Å². The summed E-state index contributed by atoms with van der Waals surface area (Å²) in [4.78, 5) is 4.31. The fourth-order valence-corrected chi connectivity index (χ4v) is 1.76. The topological polar surface area (TPSA) is 50.4 Å². The second-order valence-corrected chi connectivity index (χ2v) is 3.88. The van der Waals surface area contributed by atoms with E-state index in [0.717, 1.165) is 10.6 Å². The molecule has 1 aliphatic rings. The van der Waals surface area contributed by atoms with Crippen molar-refractivity contribution in [1.82, 2.24) is 5.32 Å². The van der Waals surface area contributed by atoms with Gasteiger partial charge in [0.25, 0.3) is 0 Å². The average Bonchev–Trinajstić information content (AvgIpc) is 2.47. The van der Waals surface area contributed by atoms with Crippen LogP contribution in [0.5, 0.6) is 0 Å². The number of guanidine groups is 1. The monoisotopic (exact) mass is 209 g/mol. The molecule has 1 aromatic rings. The molecule has 2 rings (SSSR count). The molecule has 3 nitrogen and oxygen atoms in total. The predicted molar refractivity (Wildman–Crippen MR) is 58.4 cm³/mol. The molecular weight excluding hydrogens is 198 g/mol. The van der Waals surface area contributed by atoms with Crippen molar-refractivity contribution in [3.8, 4) is 0 Å². The van der Waals surface area contributed by atoms with E-state index in [1.165, 1.54) is 0 Å². The van der Waals surface area contributed by atoms with Crippen molar-refractivity contribution in [2.75, 3.05) is 0 Å². The van der Waals surface area contributed by atoms with Crippen LogP contribution in [0, 0.1) is 0 Å². The summed E-state index contributed by atoms with van der Waals surface area (Å²) in [5.74, 6) is 0.512. The molecule has 0 saturated carbocycles. The van der Waals surface area contributed by atoms with E-state index < -0.39 is 0 Å². The van der Waals surface area contributed by atoms with E-state index in [-0.39, 0.29) is 12.1 Å². The molecule has 0 unspecified atom stereocenters. The van der Waals surface area contributed by atoms with Crippen LogP contribution in [-0.2, 0) is 0 Å². The van der Waals surface area contributed by atoms with Crippen molar-refractivity contribution in [2.45, 2.75) is 19.0 Å². The molecule has 0 saturated heterocycles. The van der Waals surface area contributed by atoms with Gasteiger partial charge in [-0.05, 0) is 24.6 Å². The fraction of sp³-hybridized carbons (Fsp3) is 0.300. The largest absolute Gasteiger partial charge is 0.370 e. The Morgan fingerprint density at radius 1 is 1.36 bits per heavy atom. The van der Waals surface area contributed by atoms with Crippen LogP contribution < -0.4 is 11.1 Å². The van der Waals surface area contributed by atoms with Crippen LogP contribution in [0.15, 0.2) is 29.3 Å². The SMILES string of the molecule is C[C@H]1NC(N)=N[C@@H]1c1ccc(Cl)cc1. The van der Waals surface area contributed by atoms with Gasteiger partial charge >= 0.3 is 0 Å². The summed E-state index contributed by atoms with van der Waals surface area (Å²) in [6, 6.07) is 8.05. The van der Waals surface area contributed by atoms with Crippen molar-refractivity contribution in [3.63, 3.8) is 0 Å². The molecule has 1 aromatic carbocycles. The summed E-state index contributed by atoms with van der Waals surface area (Å²) >= 11 is 5.81. The molecule has 0 spiro atoms. The van der Waals surface area contributed by atoms with Crippen molar-refractivity contribution in [3.05, 3.63) is 34.9 Å². The number of halogens is 1. The van der Waals surface area contributed by atoms with E-state index in [9.17, 15) is 0 Å². The lowest BCUT2D eigenvalue weighted by Gasteiger charge is -2.13. The molecule has 4 heteroatoms. The van der Waals surface area contributed by atoms with Crippen LogP contribution in [0.25, 0.3) is 0 Å². The van der Waals surface area contributed by atoms with Gasteiger partial charge in [0.2, 0.25) is 0 Å². The molecule has 1 heterocycles. The normalized spacial score (nSPS) is 25.7. The molecule has 0 aliphatic carbocycles. The molecule has 3 N–H and O–H groups in total. The first-order valence-electron chi connectivity index (χ1n) is 4.52. The van der Waals surface area contributed by atoms with Crippen molar-refractivity contribution in [2.24, 2.45) is 10.7 Å². The van der Waals surface area contributed by atoms with E-state index in [0.29, 0.717) is 5.96 Å². The fourth-order valence-electron chi connectivity index (χ4n) is 1.63. The minimum absolute atomic E-state index is 0.104. The highest BCUT2D eigenvalue weighted by molar-refractivity contribution is 6.30. The molecule has 0 fully saturated rings. The van der Waals surface area contributed by atoms with Crippen molar-refractivity contribution < 1.29 is 0 Å². The van der Waals surface area contributed by atoms with E-state index in [1.54, 1.807) is 0 Å². The number of nitrogens with zero attached hydrogens (tertiary/aromatic N) is 1. The third-order valence-electron chi connectivity index (χ3n) is 2.34. The zero-order valence-corrected chi connectivity index (χ0v) is 8.62. The molecule has 74 valence electrons. The summed E-state index contributed by atoms with van der Waals surface area (Å²) in [6.07, 6.45) is 0. The smallest absolute Gasteiger partial charge is 0.189 e. The lowest BCUT2D eigenvalue weighted by molar-refractivity contribution is 0.588. The third kappa shape index (κ3) is 1.68. The number of rotatable bonds is 1. The Morgan fingerprint density at radius 3 is 2.50 bits per heavy atom. The number of nitrogens with two attached hydrogens (primary N) is 1. The van der Waals surface area contributed by atoms with Crippen molar-refractivity contribution in [1.29, 1.82) is 0 Å². The Balaban J connectivity index is 2.27. The van der Waals surface area contributed by atoms with Crippen LogP contribution in [0.3, 0.4) is 0 Å². The van der Waals surface area contributed by atoms with Gasteiger partial charge in [-0.25, -0.2) is 4.99 Å². The molecule has 14 heavy (non-hydrogen) atoms. The van der Waals surface area contributed by atoms with Gasteiger partial charge < -0.3 is 11.1 Å². The van der Waals surface area contributed by atoms with Crippen LogP contribution >= 0.6 is 11.6 Å². The van der Waals surface area contributed by atoms with Gasteiger partial charge in [0, 0.05) is 5.02 Å². The maximum absolute atomic E-state index is 5.81. The standard InChI is InChI=1S/C10H12ClN3/c1-6-9(14-10(12)13-6)7-2-4-8(11)5-3-7/h2-6,9H,1H3,(H3,12,13,14)/t6-,9+/m1/s1. The van der Waals surface area contributed by atoms with E-state index in [2.05, 4.69) is 17.2 Å². The third-order valence-corrected chi connectivity index (χ3v) is 2.59. The maximum Gasteiger partial charge on any atom is 0.189 e.